The highest BCUT2D eigenvalue weighted by molar-refractivity contribution is 7.98. The number of rotatable bonds is 3. The topological polar surface area (TPSA) is 73.3 Å². The molecule has 4 aromatic rings. The van der Waals surface area contributed by atoms with Gasteiger partial charge in [-0.15, -0.1) is 5.10 Å². The smallest absolute Gasteiger partial charge is 0.336 e. The van der Waals surface area contributed by atoms with E-state index in [-0.39, 0.29) is 5.63 Å². The van der Waals surface area contributed by atoms with Crippen LogP contribution in [0.2, 0.25) is 5.02 Å². The molecule has 0 N–H and O–H groups in total. The summed E-state index contributed by atoms with van der Waals surface area (Å²) in [6.45, 7) is 5.77. The minimum atomic E-state index is -0.383. The van der Waals surface area contributed by atoms with Gasteiger partial charge in [-0.2, -0.15) is 4.98 Å². The van der Waals surface area contributed by atoms with Gasteiger partial charge in [0.1, 0.15) is 5.58 Å². The molecule has 0 amide bonds. The van der Waals surface area contributed by atoms with Crippen molar-refractivity contribution in [1.82, 2.24) is 19.6 Å². The summed E-state index contributed by atoms with van der Waals surface area (Å²) in [5, 5.41) is 6.54. The average molecular weight is 387 g/mol. The number of thioether (sulfide) groups is 1. The zero-order valence-electron chi connectivity index (χ0n) is 14.4. The van der Waals surface area contributed by atoms with E-state index in [2.05, 4.69) is 15.1 Å². The van der Waals surface area contributed by atoms with Gasteiger partial charge in [0.2, 0.25) is 5.16 Å². The zero-order valence-corrected chi connectivity index (χ0v) is 16.0. The van der Waals surface area contributed by atoms with Gasteiger partial charge in [-0.1, -0.05) is 23.4 Å². The van der Waals surface area contributed by atoms with Crippen LogP contribution in [0.4, 0.5) is 0 Å². The van der Waals surface area contributed by atoms with Crippen molar-refractivity contribution in [1.29, 1.82) is 0 Å². The molecule has 0 saturated heterocycles. The molecule has 0 spiro atoms. The summed E-state index contributed by atoms with van der Waals surface area (Å²) >= 11 is 7.68. The van der Waals surface area contributed by atoms with E-state index in [0.717, 1.165) is 27.9 Å². The fourth-order valence-corrected chi connectivity index (χ4v) is 3.79. The SMILES string of the molecule is Cc1cc(C)n2nc(SCc3cc(=O)oc4cc(C)c(Cl)cc34)nc2n1. The van der Waals surface area contributed by atoms with Crippen molar-refractivity contribution in [2.75, 3.05) is 0 Å². The lowest BCUT2D eigenvalue weighted by atomic mass is 10.1. The van der Waals surface area contributed by atoms with Gasteiger partial charge in [0.25, 0.3) is 5.78 Å². The van der Waals surface area contributed by atoms with Crippen LogP contribution in [-0.4, -0.2) is 19.6 Å². The summed E-state index contributed by atoms with van der Waals surface area (Å²) in [6.07, 6.45) is 0. The maximum atomic E-state index is 11.9. The monoisotopic (exact) mass is 386 g/mol. The van der Waals surface area contributed by atoms with Gasteiger partial charge in [0, 0.05) is 33.6 Å². The third kappa shape index (κ3) is 3.08. The van der Waals surface area contributed by atoms with E-state index in [4.69, 9.17) is 16.0 Å². The molecule has 4 rings (SSSR count). The number of halogens is 1. The van der Waals surface area contributed by atoms with Crippen LogP contribution in [0.15, 0.2) is 38.6 Å². The molecule has 8 heteroatoms. The Balaban J connectivity index is 1.71. The fourth-order valence-electron chi connectivity index (χ4n) is 2.82. The first-order valence-electron chi connectivity index (χ1n) is 7.97. The van der Waals surface area contributed by atoms with Crippen molar-refractivity contribution in [2.24, 2.45) is 0 Å². The average Bonchev–Trinajstić information content (AvgIpc) is 2.97. The second-order valence-corrected chi connectivity index (χ2v) is 7.47. The van der Waals surface area contributed by atoms with Crippen molar-refractivity contribution in [2.45, 2.75) is 31.7 Å². The maximum absolute atomic E-state index is 11.9. The molecule has 0 atom stereocenters. The quantitative estimate of drug-likeness (QED) is 0.390. The Kier molecular flexibility index (Phi) is 4.20. The Morgan fingerprint density at radius 1 is 1.15 bits per heavy atom. The van der Waals surface area contributed by atoms with Crippen molar-refractivity contribution in [3.63, 3.8) is 0 Å². The van der Waals surface area contributed by atoms with E-state index >= 15 is 0 Å². The van der Waals surface area contributed by atoms with E-state index < -0.39 is 0 Å². The van der Waals surface area contributed by atoms with Crippen LogP contribution in [0.1, 0.15) is 22.5 Å². The molecular weight excluding hydrogens is 372 g/mol. The van der Waals surface area contributed by atoms with Crippen LogP contribution in [0.5, 0.6) is 0 Å². The second kappa shape index (κ2) is 6.41. The summed E-state index contributed by atoms with van der Waals surface area (Å²) in [7, 11) is 0. The zero-order chi connectivity index (χ0) is 18.4. The minimum absolute atomic E-state index is 0.383. The van der Waals surface area contributed by atoms with E-state index in [1.807, 2.05) is 32.9 Å². The fraction of sp³-hybridized carbons (Fsp3) is 0.222. The molecule has 0 aliphatic carbocycles. The summed E-state index contributed by atoms with van der Waals surface area (Å²) in [5.74, 6) is 1.09. The Bertz CT molecular complexity index is 1220. The first-order chi connectivity index (χ1) is 12.4. The summed E-state index contributed by atoms with van der Waals surface area (Å²) in [5.41, 5.74) is 3.72. The normalized spacial score (nSPS) is 11.5. The standard InChI is InChI=1S/C18H15ClN4O2S/c1-9-4-15-13(7-14(9)19)12(6-16(24)25-15)8-26-18-21-17-20-10(2)5-11(3)23(17)22-18/h4-7H,8H2,1-3H3. The summed E-state index contributed by atoms with van der Waals surface area (Å²) in [6, 6.07) is 7.06. The van der Waals surface area contributed by atoms with Crippen molar-refractivity contribution in [3.05, 3.63) is 62.2 Å². The predicted octanol–water partition coefficient (Wildman–Crippen LogP) is 4.10. The molecule has 1 aromatic carbocycles. The number of hydrogen-bond acceptors (Lipinski definition) is 6. The van der Waals surface area contributed by atoms with Gasteiger partial charge in [-0.25, -0.2) is 14.3 Å². The van der Waals surface area contributed by atoms with Crippen LogP contribution in [0.3, 0.4) is 0 Å². The van der Waals surface area contributed by atoms with Gasteiger partial charge < -0.3 is 4.42 Å². The van der Waals surface area contributed by atoms with Gasteiger partial charge in [-0.05, 0) is 50.1 Å². The van der Waals surface area contributed by atoms with Crippen molar-refractivity contribution >= 4 is 40.1 Å². The largest absolute Gasteiger partial charge is 0.423 e. The molecule has 6 nitrogen and oxygen atoms in total. The second-order valence-electron chi connectivity index (χ2n) is 6.12. The molecule has 0 radical (unpaired) electrons. The molecule has 0 bridgehead atoms. The van der Waals surface area contributed by atoms with Gasteiger partial charge in [-0.3, -0.25) is 0 Å². The van der Waals surface area contributed by atoms with Crippen LogP contribution in [0.25, 0.3) is 16.7 Å². The molecule has 3 aromatic heterocycles. The lowest BCUT2D eigenvalue weighted by Crippen LogP contribution is -2.00. The third-order valence-corrected chi connectivity index (χ3v) is 5.36. The number of hydrogen-bond donors (Lipinski definition) is 0. The third-order valence-electron chi connectivity index (χ3n) is 4.07. The Morgan fingerprint density at radius 2 is 1.96 bits per heavy atom. The molecule has 0 aliphatic heterocycles. The van der Waals surface area contributed by atoms with Crippen molar-refractivity contribution in [3.8, 4) is 0 Å². The first kappa shape index (κ1) is 17.1. The number of nitrogens with zero attached hydrogens (tertiary/aromatic N) is 4. The van der Waals surface area contributed by atoms with Crippen LogP contribution in [-0.2, 0) is 5.75 Å². The van der Waals surface area contributed by atoms with Gasteiger partial charge in [0.15, 0.2) is 0 Å². The highest BCUT2D eigenvalue weighted by Crippen LogP contribution is 2.28. The lowest BCUT2D eigenvalue weighted by Gasteiger charge is -2.06. The van der Waals surface area contributed by atoms with Crippen LogP contribution in [0, 0.1) is 20.8 Å². The molecule has 132 valence electrons. The molecule has 0 saturated carbocycles. The maximum Gasteiger partial charge on any atom is 0.336 e. The van der Waals surface area contributed by atoms with E-state index in [1.165, 1.54) is 17.8 Å². The molecule has 0 unspecified atom stereocenters. The van der Waals surface area contributed by atoms with Crippen LogP contribution < -0.4 is 5.63 Å². The molecule has 0 fully saturated rings. The van der Waals surface area contributed by atoms with E-state index in [0.29, 0.717) is 27.3 Å². The molecular formula is C18H15ClN4O2S. The highest BCUT2D eigenvalue weighted by atomic mass is 35.5. The summed E-state index contributed by atoms with van der Waals surface area (Å²) in [4.78, 5) is 20.7. The molecule has 3 heterocycles. The van der Waals surface area contributed by atoms with Crippen LogP contribution >= 0.6 is 23.4 Å². The Morgan fingerprint density at radius 3 is 2.77 bits per heavy atom. The number of aryl methyl sites for hydroxylation is 3. The van der Waals surface area contributed by atoms with Crippen molar-refractivity contribution < 1.29 is 4.42 Å². The molecule has 0 aliphatic rings. The first-order valence-corrected chi connectivity index (χ1v) is 9.34. The minimum Gasteiger partial charge on any atom is -0.423 e. The van der Waals surface area contributed by atoms with E-state index in [1.54, 1.807) is 10.6 Å². The lowest BCUT2D eigenvalue weighted by molar-refractivity contribution is 0.559. The molecule has 26 heavy (non-hydrogen) atoms. The Hall–Kier alpha value is -2.38. The predicted molar refractivity (Wildman–Crippen MR) is 102 cm³/mol. The number of fused-ring (bicyclic) bond motifs is 2. The number of aromatic nitrogens is 4. The highest BCUT2D eigenvalue weighted by Gasteiger charge is 2.12. The van der Waals surface area contributed by atoms with Gasteiger partial charge >= 0.3 is 5.63 Å². The summed E-state index contributed by atoms with van der Waals surface area (Å²) < 4.78 is 7.01. The number of benzene rings is 1. The Labute approximate surface area is 158 Å². The van der Waals surface area contributed by atoms with Gasteiger partial charge in [0.05, 0.1) is 0 Å². The van der Waals surface area contributed by atoms with E-state index in [9.17, 15) is 4.79 Å².